The lowest BCUT2D eigenvalue weighted by Crippen LogP contribution is -2.43. The van der Waals surface area contributed by atoms with Gasteiger partial charge in [0, 0.05) is 36.1 Å². The summed E-state index contributed by atoms with van der Waals surface area (Å²) in [4.78, 5) is 34.7. The molecule has 0 unspecified atom stereocenters. The van der Waals surface area contributed by atoms with Crippen molar-refractivity contribution in [1.82, 2.24) is 19.6 Å². The molecule has 2 aliphatic carbocycles. The lowest BCUT2D eigenvalue weighted by atomic mass is 9.90. The number of amides is 2. The standard InChI is InChI=1S/C28H29FN8O3/c29-21-15-30-13-12-22(21)34-27(38)24-16-31-26-23(32-17-6-7-17)14-25(35-37(24)26)33-18-8-10-20(11-9-18)36(28(39)40)19-4-2-1-3-5-19/h1-5,12-18,20,32H,6-11H2,(H,33,35)(H,39,40)(H,30,34,38). The number of nitrogens with one attached hydrogen (secondary N) is 3. The van der Waals surface area contributed by atoms with E-state index in [2.05, 4.69) is 31.0 Å². The summed E-state index contributed by atoms with van der Waals surface area (Å²) in [7, 11) is 0. The lowest BCUT2D eigenvalue weighted by Gasteiger charge is -2.35. The van der Waals surface area contributed by atoms with Gasteiger partial charge in [-0.1, -0.05) is 18.2 Å². The SMILES string of the molecule is O=C(Nc1ccncc1F)c1cnc2c(NC3CC3)cc(NC3CCC(N(C(=O)O)c4ccccc4)CC3)nn12. The summed E-state index contributed by atoms with van der Waals surface area (Å²) >= 11 is 0. The second kappa shape index (κ2) is 10.8. The van der Waals surface area contributed by atoms with E-state index < -0.39 is 17.8 Å². The van der Waals surface area contributed by atoms with Crippen LogP contribution in [0.15, 0.2) is 61.1 Å². The van der Waals surface area contributed by atoms with E-state index in [1.807, 2.05) is 36.4 Å². The van der Waals surface area contributed by atoms with E-state index in [0.717, 1.165) is 37.6 Å². The van der Waals surface area contributed by atoms with Crippen molar-refractivity contribution in [3.63, 3.8) is 0 Å². The molecule has 11 nitrogen and oxygen atoms in total. The zero-order valence-corrected chi connectivity index (χ0v) is 21.6. The number of hydrogen-bond acceptors (Lipinski definition) is 7. The number of carbonyl (C=O) groups excluding carboxylic acids is 1. The summed E-state index contributed by atoms with van der Waals surface area (Å²) in [5.74, 6) is -0.616. The molecule has 12 heteroatoms. The Morgan fingerprint density at radius 3 is 2.38 bits per heavy atom. The number of para-hydroxylation sites is 1. The van der Waals surface area contributed by atoms with Gasteiger partial charge in [0.05, 0.1) is 23.8 Å². The average molecular weight is 545 g/mol. The number of nitrogens with zero attached hydrogens (tertiary/aromatic N) is 5. The van der Waals surface area contributed by atoms with E-state index in [1.165, 1.54) is 27.9 Å². The van der Waals surface area contributed by atoms with Crippen molar-refractivity contribution in [3.05, 3.63) is 72.6 Å². The Labute approximate surface area is 229 Å². The van der Waals surface area contributed by atoms with Crippen molar-refractivity contribution >= 4 is 40.5 Å². The number of benzene rings is 1. The number of imidazole rings is 1. The summed E-state index contributed by atoms with van der Waals surface area (Å²) in [6.45, 7) is 0. The molecule has 3 heterocycles. The molecule has 4 N–H and O–H groups in total. The van der Waals surface area contributed by atoms with Gasteiger partial charge in [-0.3, -0.25) is 14.7 Å². The topological polar surface area (TPSA) is 137 Å². The third kappa shape index (κ3) is 5.37. The summed E-state index contributed by atoms with van der Waals surface area (Å²) in [5, 5.41) is 24.1. The zero-order chi connectivity index (χ0) is 27.6. The number of carboxylic acid groups (broad SMARTS) is 1. The highest BCUT2D eigenvalue weighted by Gasteiger charge is 2.30. The molecule has 2 saturated carbocycles. The van der Waals surface area contributed by atoms with Gasteiger partial charge in [0.2, 0.25) is 0 Å². The molecule has 2 fully saturated rings. The monoisotopic (exact) mass is 544 g/mol. The van der Waals surface area contributed by atoms with Crippen LogP contribution in [0.25, 0.3) is 5.65 Å². The van der Waals surface area contributed by atoms with Gasteiger partial charge in [0.25, 0.3) is 5.91 Å². The average Bonchev–Trinajstić information content (AvgIpc) is 3.66. The van der Waals surface area contributed by atoms with Gasteiger partial charge in [-0.05, 0) is 56.7 Å². The predicted octanol–water partition coefficient (Wildman–Crippen LogP) is 5.00. The van der Waals surface area contributed by atoms with E-state index in [0.29, 0.717) is 36.0 Å². The van der Waals surface area contributed by atoms with Crippen LogP contribution in [-0.4, -0.2) is 54.8 Å². The summed E-state index contributed by atoms with van der Waals surface area (Å²) < 4.78 is 15.6. The van der Waals surface area contributed by atoms with Gasteiger partial charge < -0.3 is 21.1 Å². The van der Waals surface area contributed by atoms with Crippen LogP contribution >= 0.6 is 0 Å². The molecule has 0 atom stereocenters. The van der Waals surface area contributed by atoms with Crippen molar-refractivity contribution < 1.29 is 19.1 Å². The highest BCUT2D eigenvalue weighted by molar-refractivity contribution is 6.03. The maximum Gasteiger partial charge on any atom is 0.412 e. The Morgan fingerprint density at radius 1 is 0.950 bits per heavy atom. The Balaban J connectivity index is 1.21. The normalized spacial score (nSPS) is 18.7. The summed E-state index contributed by atoms with van der Waals surface area (Å²) in [5.41, 5.74) is 2.11. The largest absolute Gasteiger partial charge is 0.465 e. The van der Waals surface area contributed by atoms with Gasteiger partial charge in [-0.25, -0.2) is 18.7 Å². The molecule has 3 aromatic heterocycles. The van der Waals surface area contributed by atoms with Crippen LogP contribution in [0.3, 0.4) is 0 Å². The molecule has 206 valence electrons. The Morgan fingerprint density at radius 2 is 1.68 bits per heavy atom. The molecule has 4 aromatic rings. The molecule has 0 spiro atoms. The van der Waals surface area contributed by atoms with Crippen molar-refractivity contribution in [1.29, 1.82) is 0 Å². The highest BCUT2D eigenvalue weighted by Crippen LogP contribution is 2.32. The van der Waals surface area contributed by atoms with Crippen molar-refractivity contribution in [3.8, 4) is 0 Å². The Bertz CT molecular complexity index is 1530. The number of rotatable bonds is 8. The smallest absolute Gasteiger partial charge is 0.412 e. The number of anilines is 4. The van der Waals surface area contributed by atoms with Crippen molar-refractivity contribution in [2.75, 3.05) is 20.9 Å². The number of pyridine rings is 1. The minimum atomic E-state index is -0.955. The van der Waals surface area contributed by atoms with Gasteiger partial charge in [0.15, 0.2) is 17.2 Å². The third-order valence-corrected chi connectivity index (χ3v) is 7.31. The molecule has 2 aliphatic rings. The number of fused-ring (bicyclic) bond motifs is 1. The van der Waals surface area contributed by atoms with Crippen LogP contribution in [-0.2, 0) is 0 Å². The van der Waals surface area contributed by atoms with Crippen LogP contribution < -0.4 is 20.9 Å². The van der Waals surface area contributed by atoms with Gasteiger partial charge in [0.1, 0.15) is 5.82 Å². The molecule has 0 saturated heterocycles. The van der Waals surface area contributed by atoms with Crippen LogP contribution in [0.2, 0.25) is 0 Å². The summed E-state index contributed by atoms with van der Waals surface area (Å²) in [6.07, 6.45) is 7.92. The maximum absolute atomic E-state index is 14.1. The van der Waals surface area contributed by atoms with E-state index in [4.69, 9.17) is 0 Å². The molecule has 0 radical (unpaired) electrons. The predicted molar refractivity (Wildman–Crippen MR) is 148 cm³/mol. The van der Waals surface area contributed by atoms with Crippen LogP contribution in [0.5, 0.6) is 0 Å². The van der Waals surface area contributed by atoms with Crippen molar-refractivity contribution in [2.24, 2.45) is 0 Å². The van der Waals surface area contributed by atoms with Crippen LogP contribution in [0.4, 0.5) is 32.1 Å². The first-order valence-electron chi connectivity index (χ1n) is 13.4. The summed E-state index contributed by atoms with van der Waals surface area (Å²) in [6, 6.07) is 12.8. The van der Waals surface area contributed by atoms with Gasteiger partial charge in [-0.2, -0.15) is 0 Å². The third-order valence-electron chi connectivity index (χ3n) is 7.31. The van der Waals surface area contributed by atoms with Gasteiger partial charge >= 0.3 is 6.09 Å². The fourth-order valence-electron chi connectivity index (χ4n) is 5.16. The van der Waals surface area contributed by atoms with Crippen LogP contribution in [0.1, 0.15) is 49.0 Å². The quantitative estimate of drug-likeness (QED) is 0.243. The molecule has 0 aliphatic heterocycles. The van der Waals surface area contributed by atoms with Crippen molar-refractivity contribution in [2.45, 2.75) is 56.7 Å². The minimum Gasteiger partial charge on any atom is -0.465 e. The van der Waals surface area contributed by atoms with E-state index in [-0.39, 0.29) is 23.5 Å². The number of aromatic nitrogens is 4. The number of carbonyl (C=O) groups is 2. The zero-order valence-electron chi connectivity index (χ0n) is 21.6. The Kier molecular flexibility index (Phi) is 6.89. The molecular weight excluding hydrogens is 515 g/mol. The molecule has 6 rings (SSSR count). The fourth-order valence-corrected chi connectivity index (χ4v) is 5.16. The van der Waals surface area contributed by atoms with E-state index in [9.17, 15) is 19.1 Å². The second-order valence-electron chi connectivity index (χ2n) is 10.2. The van der Waals surface area contributed by atoms with E-state index >= 15 is 0 Å². The van der Waals surface area contributed by atoms with Gasteiger partial charge in [-0.15, -0.1) is 5.10 Å². The maximum atomic E-state index is 14.1. The first kappa shape index (κ1) is 25.5. The number of hydrogen-bond donors (Lipinski definition) is 4. The van der Waals surface area contributed by atoms with E-state index in [1.54, 1.807) is 0 Å². The van der Waals surface area contributed by atoms with Crippen LogP contribution in [0, 0.1) is 5.82 Å². The first-order chi connectivity index (χ1) is 19.5. The molecular formula is C28H29FN8O3. The lowest BCUT2D eigenvalue weighted by molar-refractivity contribution is 0.102. The second-order valence-corrected chi connectivity index (χ2v) is 10.2. The molecule has 1 aromatic carbocycles. The highest BCUT2D eigenvalue weighted by atomic mass is 19.1. The molecule has 2 amide bonds. The number of halogens is 1. The molecule has 40 heavy (non-hydrogen) atoms. The first-order valence-corrected chi connectivity index (χ1v) is 13.4. The molecule has 0 bridgehead atoms. The minimum absolute atomic E-state index is 0.0169. The Hall–Kier alpha value is -4.74. The fraction of sp³-hybridized carbons (Fsp3) is 0.321.